The van der Waals surface area contributed by atoms with E-state index in [0.717, 1.165) is 11.6 Å². The van der Waals surface area contributed by atoms with E-state index in [1.165, 1.54) is 30.4 Å². The standard InChI is InChI=1S/C17H16O5.C6H4/c1-22-15(9-11-5-3-2-4-6-11)13-8-7-12(16(18)19)10-14(13)17(20)21;1-2-5-4-6(5)3-1/h2-8,10,15H,9H2,1H3,(H,18,19)(H,20,21);1-4H. The van der Waals surface area contributed by atoms with Crippen LogP contribution in [0.25, 0.3) is 11.1 Å². The number of hydrogen-bond acceptors (Lipinski definition) is 3. The third-order valence-corrected chi connectivity index (χ3v) is 4.54. The van der Waals surface area contributed by atoms with Gasteiger partial charge in [-0.1, -0.05) is 54.6 Å². The Morgan fingerprint density at radius 2 is 1.54 bits per heavy atom. The summed E-state index contributed by atoms with van der Waals surface area (Å²) in [4.78, 5) is 22.4. The highest BCUT2D eigenvalue weighted by atomic mass is 16.5. The third-order valence-electron chi connectivity index (χ3n) is 4.54. The van der Waals surface area contributed by atoms with Crippen LogP contribution in [0.3, 0.4) is 0 Å². The summed E-state index contributed by atoms with van der Waals surface area (Å²) in [5.41, 5.74) is 4.21. The molecule has 0 amide bonds. The molecule has 4 rings (SSSR count). The van der Waals surface area contributed by atoms with Crippen molar-refractivity contribution in [3.05, 3.63) is 95.1 Å². The summed E-state index contributed by atoms with van der Waals surface area (Å²) in [6.07, 6.45) is 0.0423. The highest BCUT2D eigenvalue weighted by Gasteiger charge is 2.21. The maximum Gasteiger partial charge on any atom is 0.336 e. The first-order valence-electron chi connectivity index (χ1n) is 8.77. The van der Waals surface area contributed by atoms with Gasteiger partial charge < -0.3 is 14.9 Å². The third kappa shape index (κ3) is 4.64. The van der Waals surface area contributed by atoms with E-state index >= 15 is 0 Å². The Labute approximate surface area is 162 Å². The smallest absolute Gasteiger partial charge is 0.336 e. The van der Waals surface area contributed by atoms with Gasteiger partial charge in [0.1, 0.15) is 0 Å². The van der Waals surface area contributed by atoms with Crippen molar-refractivity contribution in [2.45, 2.75) is 12.5 Å². The number of hydrogen-bond donors (Lipinski definition) is 2. The molecule has 0 bridgehead atoms. The topological polar surface area (TPSA) is 83.8 Å². The summed E-state index contributed by atoms with van der Waals surface area (Å²) in [7, 11) is 1.50. The monoisotopic (exact) mass is 376 g/mol. The highest BCUT2D eigenvalue weighted by molar-refractivity contribution is 5.95. The molecule has 0 saturated heterocycles. The van der Waals surface area contributed by atoms with Crippen molar-refractivity contribution in [1.82, 2.24) is 0 Å². The van der Waals surface area contributed by atoms with Crippen LogP contribution in [0.2, 0.25) is 0 Å². The molecule has 0 fully saturated rings. The molecule has 1 atom stereocenters. The maximum atomic E-state index is 11.4. The zero-order chi connectivity index (χ0) is 20.1. The number of carboxylic acid groups (broad SMARTS) is 2. The fourth-order valence-electron chi connectivity index (χ4n) is 2.98. The van der Waals surface area contributed by atoms with Crippen LogP contribution < -0.4 is 0 Å². The second-order valence-corrected chi connectivity index (χ2v) is 6.41. The highest BCUT2D eigenvalue weighted by Crippen LogP contribution is 2.32. The van der Waals surface area contributed by atoms with Crippen LogP contribution in [-0.2, 0) is 11.2 Å². The van der Waals surface area contributed by atoms with Crippen LogP contribution >= 0.6 is 0 Å². The number of carbonyl (C=O) groups is 2. The second-order valence-electron chi connectivity index (χ2n) is 6.41. The molecule has 0 spiro atoms. The Morgan fingerprint density at radius 3 is 2.00 bits per heavy atom. The fourth-order valence-corrected chi connectivity index (χ4v) is 2.98. The van der Waals surface area contributed by atoms with E-state index in [4.69, 9.17) is 9.84 Å². The molecule has 1 unspecified atom stereocenters. The first-order chi connectivity index (χ1) is 13.5. The van der Waals surface area contributed by atoms with Crippen molar-refractivity contribution >= 4 is 11.9 Å². The van der Waals surface area contributed by atoms with E-state index in [-0.39, 0.29) is 11.1 Å². The molecular weight excluding hydrogens is 356 g/mol. The minimum atomic E-state index is -1.17. The normalized spacial score (nSPS) is 11.8. The molecule has 0 heterocycles. The van der Waals surface area contributed by atoms with Gasteiger partial charge in [0.05, 0.1) is 17.2 Å². The van der Waals surface area contributed by atoms with Crippen molar-refractivity contribution in [1.29, 1.82) is 0 Å². The van der Waals surface area contributed by atoms with Crippen LogP contribution in [0.5, 0.6) is 0 Å². The molecule has 2 N–H and O–H groups in total. The first-order valence-corrected chi connectivity index (χ1v) is 8.77. The van der Waals surface area contributed by atoms with Crippen molar-refractivity contribution in [3.63, 3.8) is 0 Å². The van der Waals surface area contributed by atoms with Gasteiger partial charge in [-0.15, -0.1) is 0 Å². The van der Waals surface area contributed by atoms with Gasteiger partial charge in [0.25, 0.3) is 0 Å². The number of carboxylic acids is 2. The average Bonchev–Trinajstić information content (AvgIpc) is 3.31. The van der Waals surface area contributed by atoms with Crippen LogP contribution in [-0.4, -0.2) is 29.3 Å². The number of methoxy groups -OCH3 is 1. The van der Waals surface area contributed by atoms with Gasteiger partial charge in [-0.05, 0) is 40.5 Å². The second kappa shape index (κ2) is 8.50. The quantitative estimate of drug-likeness (QED) is 0.510. The minimum Gasteiger partial charge on any atom is -0.478 e. The van der Waals surface area contributed by atoms with Crippen LogP contribution in [0.15, 0.2) is 72.8 Å². The molecule has 142 valence electrons. The number of fused-ring (bicyclic) bond motifs is 1. The summed E-state index contributed by atoms with van der Waals surface area (Å²) in [6, 6.07) is 22.1. The van der Waals surface area contributed by atoms with E-state index in [1.54, 1.807) is 0 Å². The Balaban J connectivity index is 0.000000311. The molecular formula is C23H20O5. The largest absolute Gasteiger partial charge is 0.478 e. The molecule has 0 saturated carbocycles. The Kier molecular flexibility index (Phi) is 5.87. The lowest BCUT2D eigenvalue weighted by Crippen LogP contribution is -2.13. The molecule has 0 aromatic heterocycles. The van der Waals surface area contributed by atoms with E-state index in [2.05, 4.69) is 24.3 Å². The van der Waals surface area contributed by atoms with Gasteiger partial charge in [-0.25, -0.2) is 9.59 Å². The van der Waals surface area contributed by atoms with Crippen molar-refractivity contribution in [2.24, 2.45) is 0 Å². The molecule has 5 nitrogen and oxygen atoms in total. The molecule has 2 aliphatic carbocycles. The van der Waals surface area contributed by atoms with Crippen molar-refractivity contribution in [3.8, 4) is 11.1 Å². The molecule has 2 aliphatic rings. The SMILES string of the molecule is COC(Cc1ccccc1)c1ccc(C(=O)O)cc1C(=O)O.c1cc2cc-2c1. The molecule has 5 heteroatoms. The summed E-state index contributed by atoms with van der Waals surface area (Å²) < 4.78 is 5.42. The van der Waals surface area contributed by atoms with Crippen molar-refractivity contribution < 1.29 is 24.5 Å². The number of benzene rings is 3. The van der Waals surface area contributed by atoms with Gasteiger partial charge >= 0.3 is 11.9 Å². The zero-order valence-corrected chi connectivity index (χ0v) is 15.3. The lowest BCUT2D eigenvalue weighted by molar-refractivity contribution is 0.0677. The van der Waals surface area contributed by atoms with E-state index in [1.807, 2.05) is 30.3 Å². The lowest BCUT2D eigenvalue weighted by atomic mass is 9.95. The molecule has 2 aromatic rings. The van der Waals surface area contributed by atoms with E-state index in [9.17, 15) is 14.7 Å². The summed E-state index contributed by atoms with van der Waals surface area (Å²) in [5, 5.41) is 18.3. The number of aromatic carboxylic acids is 2. The summed E-state index contributed by atoms with van der Waals surface area (Å²) in [6.45, 7) is 0. The molecule has 28 heavy (non-hydrogen) atoms. The minimum absolute atomic E-state index is 0.0531. The van der Waals surface area contributed by atoms with Crippen LogP contribution in [0.1, 0.15) is 37.9 Å². The van der Waals surface area contributed by atoms with E-state index < -0.39 is 18.0 Å². The first kappa shape index (κ1) is 19.3. The Morgan fingerprint density at radius 1 is 0.857 bits per heavy atom. The van der Waals surface area contributed by atoms with Gasteiger partial charge in [0, 0.05) is 13.5 Å². The van der Waals surface area contributed by atoms with Gasteiger partial charge in [0.2, 0.25) is 0 Å². The lowest BCUT2D eigenvalue weighted by Gasteiger charge is -2.18. The van der Waals surface area contributed by atoms with Crippen molar-refractivity contribution in [2.75, 3.05) is 7.11 Å². The average molecular weight is 376 g/mol. The molecule has 0 radical (unpaired) electrons. The predicted molar refractivity (Wildman–Crippen MR) is 106 cm³/mol. The number of ether oxygens (including phenoxy) is 1. The maximum absolute atomic E-state index is 11.4. The summed E-state index contributed by atoms with van der Waals surface area (Å²) >= 11 is 0. The number of rotatable bonds is 6. The van der Waals surface area contributed by atoms with Gasteiger partial charge in [0.15, 0.2) is 0 Å². The van der Waals surface area contributed by atoms with E-state index in [0.29, 0.717) is 12.0 Å². The van der Waals surface area contributed by atoms with Crippen LogP contribution in [0, 0.1) is 0 Å². The fraction of sp³-hybridized carbons (Fsp3) is 0.130. The molecule has 0 aliphatic heterocycles. The summed E-state index contributed by atoms with van der Waals surface area (Å²) in [5.74, 6) is -2.33. The van der Waals surface area contributed by atoms with Gasteiger partial charge in [-0.2, -0.15) is 0 Å². The van der Waals surface area contributed by atoms with Crippen LogP contribution in [0.4, 0.5) is 0 Å². The predicted octanol–water partition coefficient (Wildman–Crippen LogP) is 4.68. The Hall–Kier alpha value is -3.44. The zero-order valence-electron chi connectivity index (χ0n) is 15.3. The molecule has 2 aromatic carbocycles. The van der Waals surface area contributed by atoms with Gasteiger partial charge in [-0.3, -0.25) is 0 Å². The Bertz CT molecular complexity index is 978.